The number of hydrogen-bond donors (Lipinski definition) is 1. The Hall–Kier alpha value is -2.96. The van der Waals surface area contributed by atoms with Crippen LogP contribution in [0.25, 0.3) is 22.2 Å². The lowest BCUT2D eigenvalue weighted by molar-refractivity contribution is -0.136. The van der Waals surface area contributed by atoms with Crippen molar-refractivity contribution < 1.29 is 19.2 Å². The fraction of sp³-hybridized carbons (Fsp3) is 0.259. The molecule has 0 amide bonds. The number of rotatable bonds is 11. The van der Waals surface area contributed by atoms with E-state index in [0.29, 0.717) is 17.2 Å². The number of benzene rings is 3. The molecule has 3 aromatic carbocycles. The lowest BCUT2D eigenvalue weighted by Crippen LogP contribution is -2.02. The Labute approximate surface area is 208 Å². The van der Waals surface area contributed by atoms with Gasteiger partial charge in [0.25, 0.3) is 0 Å². The molecule has 0 saturated carbocycles. The molecule has 1 aromatic heterocycles. The first-order valence-electron chi connectivity index (χ1n) is 11.3. The first-order valence-corrected chi connectivity index (χ1v) is 12.6. The highest BCUT2D eigenvalue weighted by molar-refractivity contribution is 7.99. The summed E-state index contributed by atoms with van der Waals surface area (Å²) in [7, 11) is 0. The lowest BCUT2D eigenvalue weighted by Gasteiger charge is -2.13. The van der Waals surface area contributed by atoms with E-state index in [4.69, 9.17) is 26.0 Å². The molecule has 1 heterocycles. The van der Waals surface area contributed by atoms with Crippen molar-refractivity contribution in [1.29, 1.82) is 0 Å². The average Bonchev–Trinajstić information content (AvgIpc) is 3.25. The van der Waals surface area contributed by atoms with E-state index < -0.39 is 5.97 Å². The van der Waals surface area contributed by atoms with Crippen LogP contribution in [0.4, 0.5) is 0 Å². The van der Waals surface area contributed by atoms with Crippen molar-refractivity contribution in [1.82, 2.24) is 5.16 Å². The van der Waals surface area contributed by atoms with Crippen molar-refractivity contribution in [2.75, 3.05) is 12.4 Å². The summed E-state index contributed by atoms with van der Waals surface area (Å²) in [6.07, 6.45) is 2.78. The van der Waals surface area contributed by atoms with Gasteiger partial charge in [0.2, 0.25) is 0 Å². The van der Waals surface area contributed by atoms with E-state index in [9.17, 15) is 4.79 Å². The number of aliphatic carboxylic acids is 1. The van der Waals surface area contributed by atoms with Gasteiger partial charge in [0, 0.05) is 21.6 Å². The van der Waals surface area contributed by atoms with Gasteiger partial charge in [0.1, 0.15) is 11.4 Å². The van der Waals surface area contributed by atoms with E-state index in [1.165, 1.54) is 0 Å². The zero-order chi connectivity index (χ0) is 23.9. The second kappa shape index (κ2) is 11.4. The van der Waals surface area contributed by atoms with Crippen LogP contribution in [0.3, 0.4) is 0 Å². The van der Waals surface area contributed by atoms with Gasteiger partial charge in [-0.1, -0.05) is 48.3 Å². The van der Waals surface area contributed by atoms with Gasteiger partial charge in [0.15, 0.2) is 5.58 Å². The van der Waals surface area contributed by atoms with Crippen LogP contribution in [0.15, 0.2) is 70.1 Å². The average molecular weight is 496 g/mol. The smallest absolute Gasteiger partial charge is 0.307 e. The predicted molar refractivity (Wildman–Crippen MR) is 137 cm³/mol. The normalized spacial score (nSPS) is 11.1. The molecule has 0 aliphatic rings. The maximum Gasteiger partial charge on any atom is 0.307 e. The summed E-state index contributed by atoms with van der Waals surface area (Å²) >= 11 is 7.96. The number of carboxylic acid groups (broad SMARTS) is 1. The number of halogens is 1. The van der Waals surface area contributed by atoms with Gasteiger partial charge >= 0.3 is 5.97 Å². The van der Waals surface area contributed by atoms with E-state index in [1.54, 1.807) is 17.8 Å². The van der Waals surface area contributed by atoms with Crippen LogP contribution in [0, 0.1) is 0 Å². The Balaban J connectivity index is 1.35. The fourth-order valence-corrected chi connectivity index (χ4v) is 5.01. The van der Waals surface area contributed by atoms with Crippen molar-refractivity contribution in [3.63, 3.8) is 0 Å². The Morgan fingerprint density at radius 2 is 2.00 bits per heavy atom. The van der Waals surface area contributed by atoms with Gasteiger partial charge in [-0.2, -0.15) is 0 Å². The number of aryl methyl sites for hydroxylation is 1. The highest BCUT2D eigenvalue weighted by Crippen LogP contribution is 2.32. The van der Waals surface area contributed by atoms with Gasteiger partial charge in [-0.15, -0.1) is 11.8 Å². The summed E-state index contributed by atoms with van der Waals surface area (Å²) in [5.74, 6) is 0.891. The summed E-state index contributed by atoms with van der Waals surface area (Å²) < 4.78 is 11.6. The molecule has 1 N–H and O–H groups in total. The molecule has 0 saturated heterocycles. The van der Waals surface area contributed by atoms with Crippen LogP contribution >= 0.6 is 23.4 Å². The minimum atomic E-state index is -0.863. The van der Waals surface area contributed by atoms with Crippen molar-refractivity contribution in [3.8, 4) is 17.0 Å². The van der Waals surface area contributed by atoms with Gasteiger partial charge in [0.05, 0.1) is 18.1 Å². The Bertz CT molecular complexity index is 1290. The number of hydrogen-bond acceptors (Lipinski definition) is 5. The summed E-state index contributed by atoms with van der Waals surface area (Å²) in [4.78, 5) is 11.8. The first kappa shape index (κ1) is 24.2. The van der Waals surface area contributed by atoms with Crippen molar-refractivity contribution >= 4 is 40.3 Å². The van der Waals surface area contributed by atoms with Crippen molar-refractivity contribution in [3.05, 3.63) is 76.8 Å². The molecule has 0 spiro atoms. The molecule has 0 bridgehead atoms. The molecule has 34 heavy (non-hydrogen) atoms. The van der Waals surface area contributed by atoms with Crippen LogP contribution in [0.2, 0.25) is 5.02 Å². The Kier molecular flexibility index (Phi) is 8.14. The quantitative estimate of drug-likeness (QED) is 0.174. The minimum Gasteiger partial charge on any atom is -0.493 e. The van der Waals surface area contributed by atoms with Crippen LogP contribution in [0.5, 0.6) is 5.75 Å². The molecule has 7 heteroatoms. The van der Waals surface area contributed by atoms with E-state index in [0.717, 1.165) is 63.5 Å². The topological polar surface area (TPSA) is 72.6 Å². The Morgan fingerprint density at radius 1 is 1.15 bits per heavy atom. The predicted octanol–water partition coefficient (Wildman–Crippen LogP) is 7.29. The fourth-order valence-electron chi connectivity index (χ4n) is 3.80. The summed E-state index contributed by atoms with van der Waals surface area (Å²) in [5, 5.41) is 14.8. The van der Waals surface area contributed by atoms with Crippen LogP contribution in [-0.2, 0) is 17.6 Å². The maximum atomic E-state index is 10.9. The molecule has 0 fully saturated rings. The molecule has 0 aliphatic carbocycles. The van der Waals surface area contributed by atoms with E-state index >= 15 is 0 Å². The first-order chi connectivity index (χ1) is 16.5. The second-order valence-electron chi connectivity index (χ2n) is 7.99. The molecule has 0 unspecified atom stereocenters. The summed E-state index contributed by atoms with van der Waals surface area (Å²) in [6.45, 7) is 2.76. The SMILES string of the molecule is CCCc1cc(-c2noc3ccccc23)ccc1OCCCSc1ccc(CC(=O)O)cc1Cl. The Morgan fingerprint density at radius 3 is 2.79 bits per heavy atom. The van der Waals surface area contributed by atoms with Crippen molar-refractivity contribution in [2.45, 2.75) is 37.5 Å². The van der Waals surface area contributed by atoms with Gasteiger partial charge in [-0.25, -0.2) is 0 Å². The third kappa shape index (κ3) is 5.93. The molecular formula is C27H26ClNO4S. The number of carbonyl (C=O) groups is 1. The zero-order valence-electron chi connectivity index (χ0n) is 18.9. The van der Waals surface area contributed by atoms with Gasteiger partial charge < -0.3 is 14.4 Å². The van der Waals surface area contributed by atoms with E-state index in [1.807, 2.05) is 48.5 Å². The number of nitrogens with zero attached hydrogens (tertiary/aromatic N) is 1. The number of aromatic nitrogens is 1. The largest absolute Gasteiger partial charge is 0.493 e. The van der Waals surface area contributed by atoms with Gasteiger partial charge in [-0.05, 0) is 66.4 Å². The second-order valence-corrected chi connectivity index (χ2v) is 9.53. The number of fused-ring (bicyclic) bond motifs is 1. The van der Waals surface area contributed by atoms with Crippen LogP contribution < -0.4 is 4.74 Å². The van der Waals surface area contributed by atoms with Crippen LogP contribution in [-0.4, -0.2) is 28.6 Å². The van der Waals surface area contributed by atoms with Crippen LogP contribution in [0.1, 0.15) is 30.9 Å². The molecule has 0 radical (unpaired) electrons. The molecule has 0 atom stereocenters. The molecule has 0 aliphatic heterocycles. The van der Waals surface area contributed by atoms with Crippen molar-refractivity contribution in [2.24, 2.45) is 0 Å². The highest BCUT2D eigenvalue weighted by Gasteiger charge is 2.13. The number of para-hydroxylation sites is 1. The minimum absolute atomic E-state index is 0.0235. The molecule has 4 aromatic rings. The zero-order valence-corrected chi connectivity index (χ0v) is 20.5. The lowest BCUT2D eigenvalue weighted by atomic mass is 10.0. The van der Waals surface area contributed by atoms with Gasteiger partial charge in [-0.3, -0.25) is 4.79 Å². The summed E-state index contributed by atoms with van der Waals surface area (Å²) in [5.41, 5.74) is 4.52. The highest BCUT2D eigenvalue weighted by atomic mass is 35.5. The molecule has 176 valence electrons. The summed E-state index contributed by atoms with van der Waals surface area (Å²) in [6, 6.07) is 19.5. The number of thioether (sulfide) groups is 1. The molecular weight excluding hydrogens is 470 g/mol. The molecule has 4 rings (SSSR count). The molecule has 5 nitrogen and oxygen atoms in total. The number of ether oxygens (including phenoxy) is 1. The van der Waals surface area contributed by atoms with E-state index in [-0.39, 0.29) is 6.42 Å². The monoisotopic (exact) mass is 495 g/mol. The standard InChI is InChI=1S/C27H26ClNO4S/c1-2-6-19-17-20(27-21-7-3-4-8-24(21)33-29-27)10-11-23(19)32-13-5-14-34-25-12-9-18(15-22(25)28)16-26(30)31/h3-4,7-12,15,17H,2,5-6,13-14,16H2,1H3,(H,30,31). The third-order valence-corrected chi connectivity index (χ3v) is 6.97. The van der Waals surface area contributed by atoms with E-state index in [2.05, 4.69) is 18.1 Å². The third-order valence-electron chi connectivity index (χ3n) is 5.39. The maximum absolute atomic E-state index is 10.9. The number of carboxylic acids is 1.